The van der Waals surface area contributed by atoms with Crippen molar-refractivity contribution >= 4 is 23.8 Å². The van der Waals surface area contributed by atoms with Crippen LogP contribution in [0.5, 0.6) is 0 Å². The second kappa shape index (κ2) is 14.8. The van der Waals surface area contributed by atoms with Crippen molar-refractivity contribution in [1.29, 1.82) is 0 Å². The molecule has 34 heavy (non-hydrogen) atoms. The molecule has 6 nitrogen and oxygen atoms in total. The number of nitrogens with one attached hydrogen (secondary N) is 1. The summed E-state index contributed by atoms with van der Waals surface area (Å²) in [6.45, 7) is 7.16. The summed E-state index contributed by atoms with van der Waals surface area (Å²) in [4.78, 5) is 26.2. The van der Waals surface area contributed by atoms with Crippen molar-refractivity contribution in [3.63, 3.8) is 0 Å². The van der Waals surface area contributed by atoms with Crippen LogP contribution in [0.2, 0.25) is 0 Å². The van der Waals surface area contributed by atoms with Crippen molar-refractivity contribution in [2.24, 2.45) is 0 Å². The molecule has 0 aromatic heterocycles. The summed E-state index contributed by atoms with van der Waals surface area (Å²) in [6.07, 6.45) is 7.51. The number of carbonyl (C=O) groups excluding carboxylic acids is 2. The molecule has 2 amide bonds. The van der Waals surface area contributed by atoms with Gasteiger partial charge >= 0.3 is 12.0 Å². The van der Waals surface area contributed by atoms with Crippen LogP contribution in [-0.4, -0.2) is 38.8 Å². The number of nitrogens with zero attached hydrogens (tertiary/aromatic N) is 1. The van der Waals surface area contributed by atoms with E-state index in [2.05, 4.69) is 12.2 Å². The van der Waals surface area contributed by atoms with E-state index >= 15 is 0 Å². The third-order valence-corrected chi connectivity index (χ3v) is 5.41. The van der Waals surface area contributed by atoms with Crippen LogP contribution in [0.4, 0.5) is 10.5 Å². The molecule has 0 fully saturated rings. The predicted octanol–water partition coefficient (Wildman–Crippen LogP) is 6.41. The number of ether oxygens (including phenoxy) is 2. The molecule has 2 aromatic rings. The molecule has 0 saturated carbocycles. The minimum atomic E-state index is -0.469. The molecule has 6 heteroatoms. The van der Waals surface area contributed by atoms with Crippen LogP contribution in [0.15, 0.2) is 54.3 Å². The quantitative estimate of drug-likeness (QED) is 0.160. The normalized spacial score (nSPS) is 11.1. The first-order valence-electron chi connectivity index (χ1n) is 12.2. The fraction of sp³-hybridized carbons (Fsp3) is 0.429. The molecule has 0 saturated heterocycles. The van der Waals surface area contributed by atoms with Crippen LogP contribution < -0.4 is 10.2 Å². The number of anilines is 1. The van der Waals surface area contributed by atoms with Gasteiger partial charge in [0.05, 0.1) is 13.2 Å². The van der Waals surface area contributed by atoms with E-state index in [-0.39, 0.29) is 11.8 Å². The Bertz CT molecular complexity index is 938. The molecule has 0 radical (unpaired) electrons. The van der Waals surface area contributed by atoms with E-state index in [0.29, 0.717) is 19.8 Å². The first kappa shape index (κ1) is 27.0. The fourth-order valence-corrected chi connectivity index (χ4v) is 3.49. The zero-order chi connectivity index (χ0) is 24.8. The predicted molar refractivity (Wildman–Crippen MR) is 139 cm³/mol. The maximum absolute atomic E-state index is 12.5. The van der Waals surface area contributed by atoms with Gasteiger partial charge in [0.15, 0.2) is 0 Å². The number of esters is 1. The summed E-state index contributed by atoms with van der Waals surface area (Å²) in [7, 11) is 1.78. The van der Waals surface area contributed by atoms with Crippen molar-refractivity contribution < 1.29 is 19.1 Å². The summed E-state index contributed by atoms with van der Waals surface area (Å²) in [5.41, 5.74) is 3.68. The van der Waals surface area contributed by atoms with E-state index in [0.717, 1.165) is 35.2 Å². The Labute approximate surface area is 203 Å². The average Bonchev–Trinajstić information content (AvgIpc) is 2.86. The van der Waals surface area contributed by atoms with E-state index in [9.17, 15) is 9.59 Å². The van der Waals surface area contributed by atoms with Crippen molar-refractivity contribution in [3.8, 4) is 11.1 Å². The van der Waals surface area contributed by atoms with E-state index in [1.807, 2.05) is 55.5 Å². The maximum atomic E-state index is 12.5. The topological polar surface area (TPSA) is 67.9 Å². The molecule has 0 atom stereocenters. The van der Waals surface area contributed by atoms with Gasteiger partial charge in [-0.3, -0.25) is 4.90 Å². The van der Waals surface area contributed by atoms with Gasteiger partial charge in [0, 0.05) is 19.3 Å². The summed E-state index contributed by atoms with van der Waals surface area (Å²) >= 11 is 0. The molecule has 0 bridgehead atoms. The molecule has 0 heterocycles. The first-order chi connectivity index (χ1) is 16.5. The van der Waals surface area contributed by atoms with Gasteiger partial charge in [-0.1, -0.05) is 69.0 Å². The molecule has 0 aliphatic rings. The van der Waals surface area contributed by atoms with Gasteiger partial charge in [-0.25, -0.2) is 9.59 Å². The number of hydrogen-bond donors (Lipinski definition) is 1. The number of amides is 2. The zero-order valence-corrected chi connectivity index (χ0v) is 20.9. The standard InChI is InChI=1S/C28H38N2O4/c1-5-8-9-10-11-19-29-28(32)30(4)25-14-12-13-24(21-25)23-17-15-22(16-18-23)20-26(33-6-2)27(31)34-7-3/h12-18,20-21H,5-11,19H2,1-4H3,(H,29,32). The van der Waals surface area contributed by atoms with Crippen LogP contribution in [0.25, 0.3) is 17.2 Å². The van der Waals surface area contributed by atoms with Crippen LogP contribution in [-0.2, 0) is 14.3 Å². The lowest BCUT2D eigenvalue weighted by atomic mass is 10.0. The highest BCUT2D eigenvalue weighted by molar-refractivity contribution is 5.92. The number of benzene rings is 2. The van der Waals surface area contributed by atoms with Gasteiger partial charge in [0.2, 0.25) is 5.76 Å². The number of hydrogen-bond acceptors (Lipinski definition) is 4. The molecule has 1 N–H and O–H groups in total. The highest BCUT2D eigenvalue weighted by atomic mass is 16.6. The van der Waals surface area contributed by atoms with Crippen LogP contribution in [0, 0.1) is 0 Å². The Kier molecular flexibility index (Phi) is 11.7. The van der Waals surface area contributed by atoms with Crippen molar-refractivity contribution in [1.82, 2.24) is 5.32 Å². The lowest BCUT2D eigenvalue weighted by molar-refractivity contribution is -0.142. The summed E-state index contributed by atoms with van der Waals surface area (Å²) in [5.74, 6) is -0.277. The Balaban J connectivity index is 2.05. The van der Waals surface area contributed by atoms with Gasteiger partial charge in [-0.15, -0.1) is 0 Å². The zero-order valence-electron chi connectivity index (χ0n) is 20.9. The van der Waals surface area contributed by atoms with Gasteiger partial charge in [-0.2, -0.15) is 0 Å². The lowest BCUT2D eigenvalue weighted by Crippen LogP contribution is -2.37. The molecule has 184 valence electrons. The monoisotopic (exact) mass is 466 g/mol. The van der Waals surface area contributed by atoms with Crippen LogP contribution in [0.1, 0.15) is 58.4 Å². The average molecular weight is 467 g/mol. The van der Waals surface area contributed by atoms with E-state index < -0.39 is 5.97 Å². The molecule has 0 unspecified atom stereocenters. The highest BCUT2D eigenvalue weighted by Crippen LogP contribution is 2.25. The summed E-state index contributed by atoms with van der Waals surface area (Å²) in [5, 5.41) is 3.00. The van der Waals surface area contributed by atoms with E-state index in [1.54, 1.807) is 24.9 Å². The van der Waals surface area contributed by atoms with E-state index in [1.165, 1.54) is 19.3 Å². The van der Waals surface area contributed by atoms with Crippen LogP contribution in [0.3, 0.4) is 0 Å². The second-order valence-electron chi connectivity index (χ2n) is 8.04. The van der Waals surface area contributed by atoms with Crippen molar-refractivity contribution in [2.45, 2.75) is 52.9 Å². The summed E-state index contributed by atoms with van der Waals surface area (Å²) in [6, 6.07) is 15.6. The minimum absolute atomic E-state index is 0.101. The third kappa shape index (κ3) is 8.58. The number of carbonyl (C=O) groups is 2. The molecule has 0 aliphatic heterocycles. The van der Waals surface area contributed by atoms with Crippen molar-refractivity contribution in [2.75, 3.05) is 31.7 Å². The Morgan fingerprint density at radius 3 is 2.26 bits per heavy atom. The number of urea groups is 1. The number of unbranched alkanes of at least 4 members (excludes halogenated alkanes) is 4. The molecular weight excluding hydrogens is 428 g/mol. The highest BCUT2D eigenvalue weighted by Gasteiger charge is 2.13. The van der Waals surface area contributed by atoms with Gasteiger partial charge in [-0.05, 0) is 55.2 Å². The van der Waals surface area contributed by atoms with Gasteiger partial charge in [0.25, 0.3) is 0 Å². The third-order valence-electron chi connectivity index (χ3n) is 5.41. The maximum Gasteiger partial charge on any atom is 0.373 e. The molecular formula is C28H38N2O4. The van der Waals surface area contributed by atoms with Gasteiger partial charge in [0.1, 0.15) is 0 Å². The fourth-order valence-electron chi connectivity index (χ4n) is 3.49. The Morgan fingerprint density at radius 1 is 0.882 bits per heavy atom. The second-order valence-corrected chi connectivity index (χ2v) is 8.04. The molecule has 2 rings (SSSR count). The lowest BCUT2D eigenvalue weighted by Gasteiger charge is -2.19. The minimum Gasteiger partial charge on any atom is -0.487 e. The van der Waals surface area contributed by atoms with Crippen molar-refractivity contribution in [3.05, 3.63) is 59.9 Å². The molecule has 0 spiro atoms. The molecule has 0 aliphatic carbocycles. The Hall–Kier alpha value is -3.28. The first-order valence-corrected chi connectivity index (χ1v) is 12.2. The summed E-state index contributed by atoms with van der Waals surface area (Å²) < 4.78 is 10.5. The SMILES string of the molecule is CCCCCCCNC(=O)N(C)c1cccc(-c2ccc(C=C(OCC)C(=O)OCC)cc2)c1. The largest absolute Gasteiger partial charge is 0.487 e. The smallest absolute Gasteiger partial charge is 0.373 e. The van der Waals surface area contributed by atoms with Gasteiger partial charge < -0.3 is 14.8 Å². The van der Waals surface area contributed by atoms with E-state index in [4.69, 9.17) is 9.47 Å². The van der Waals surface area contributed by atoms with Crippen LogP contribution >= 0.6 is 0 Å². The Morgan fingerprint density at radius 2 is 1.59 bits per heavy atom. The molecule has 2 aromatic carbocycles. The number of rotatable bonds is 13.